The van der Waals surface area contributed by atoms with Crippen LogP contribution < -0.4 is 5.73 Å². The molecule has 0 saturated carbocycles. The number of morpholine rings is 1. The van der Waals surface area contributed by atoms with Gasteiger partial charge in [-0.1, -0.05) is 6.07 Å². The van der Waals surface area contributed by atoms with E-state index in [0.29, 0.717) is 37.6 Å². The molecule has 20 heavy (non-hydrogen) atoms. The molecule has 0 unspecified atom stereocenters. The number of carbonyl (C=O) groups is 2. The average molecular weight is 278 g/mol. The molecule has 108 valence electrons. The third-order valence-corrected chi connectivity index (χ3v) is 3.21. The summed E-state index contributed by atoms with van der Waals surface area (Å²) in [4.78, 5) is 25.3. The quantitative estimate of drug-likeness (QED) is 0.646. The summed E-state index contributed by atoms with van der Waals surface area (Å²) >= 11 is 0. The number of hydrogen-bond donors (Lipinski definition) is 1. The van der Waals surface area contributed by atoms with Crippen molar-refractivity contribution in [3.63, 3.8) is 0 Å². The first-order chi connectivity index (χ1) is 9.58. The fraction of sp³-hybridized carbons (Fsp3) is 0.429. The first-order valence-corrected chi connectivity index (χ1v) is 6.46. The molecule has 0 aromatic heterocycles. The van der Waals surface area contributed by atoms with Crippen molar-refractivity contribution in [3.05, 3.63) is 29.3 Å². The Hall–Kier alpha value is -2.08. The molecule has 1 saturated heterocycles. The number of aryl methyl sites for hydroxylation is 1. The Morgan fingerprint density at radius 1 is 1.35 bits per heavy atom. The number of nitrogen functional groups attached to an aromatic ring is 1. The van der Waals surface area contributed by atoms with Crippen molar-refractivity contribution >= 4 is 17.6 Å². The smallest absolute Gasteiger partial charge is 0.338 e. The van der Waals surface area contributed by atoms with Crippen molar-refractivity contribution in [2.45, 2.75) is 6.92 Å². The number of esters is 1. The molecule has 2 N–H and O–H groups in total. The summed E-state index contributed by atoms with van der Waals surface area (Å²) < 4.78 is 10.2. The summed E-state index contributed by atoms with van der Waals surface area (Å²) in [5.74, 6) is -0.750. The van der Waals surface area contributed by atoms with Gasteiger partial charge in [-0.15, -0.1) is 0 Å². The van der Waals surface area contributed by atoms with Gasteiger partial charge >= 0.3 is 5.97 Å². The lowest BCUT2D eigenvalue weighted by Gasteiger charge is -2.26. The zero-order valence-electron chi connectivity index (χ0n) is 11.4. The molecule has 1 aromatic rings. The van der Waals surface area contributed by atoms with Gasteiger partial charge in [-0.25, -0.2) is 4.79 Å². The normalized spacial score (nSPS) is 14.9. The van der Waals surface area contributed by atoms with Gasteiger partial charge in [0, 0.05) is 18.8 Å². The van der Waals surface area contributed by atoms with Crippen LogP contribution in [-0.4, -0.2) is 49.7 Å². The summed E-state index contributed by atoms with van der Waals surface area (Å²) in [5, 5.41) is 0. The van der Waals surface area contributed by atoms with E-state index in [0.717, 1.165) is 5.56 Å². The number of rotatable bonds is 3. The SMILES string of the molecule is Cc1ccc(C(=O)OCC(=O)N2CCOCC2)cc1N. The molecule has 1 aliphatic heterocycles. The summed E-state index contributed by atoms with van der Waals surface area (Å²) in [6.07, 6.45) is 0. The van der Waals surface area contributed by atoms with Gasteiger partial charge in [-0.05, 0) is 24.6 Å². The lowest BCUT2D eigenvalue weighted by Crippen LogP contribution is -2.42. The average Bonchev–Trinajstić information content (AvgIpc) is 2.48. The second-order valence-electron chi connectivity index (χ2n) is 4.64. The first-order valence-electron chi connectivity index (χ1n) is 6.46. The summed E-state index contributed by atoms with van der Waals surface area (Å²) in [6.45, 7) is 3.71. The molecular formula is C14H18N2O4. The highest BCUT2D eigenvalue weighted by Crippen LogP contribution is 2.13. The summed E-state index contributed by atoms with van der Waals surface area (Å²) in [7, 11) is 0. The van der Waals surface area contributed by atoms with Crippen molar-refractivity contribution in [1.29, 1.82) is 0 Å². The molecular weight excluding hydrogens is 260 g/mol. The van der Waals surface area contributed by atoms with Crippen molar-refractivity contribution in [2.75, 3.05) is 38.6 Å². The van der Waals surface area contributed by atoms with E-state index in [1.165, 1.54) is 0 Å². The first kappa shape index (κ1) is 14.3. The molecule has 0 spiro atoms. The zero-order valence-corrected chi connectivity index (χ0v) is 11.4. The van der Waals surface area contributed by atoms with E-state index in [-0.39, 0.29) is 12.5 Å². The van der Waals surface area contributed by atoms with E-state index in [1.54, 1.807) is 23.1 Å². The molecule has 0 aliphatic carbocycles. The van der Waals surface area contributed by atoms with Gasteiger partial charge in [0.05, 0.1) is 18.8 Å². The molecule has 1 fully saturated rings. The largest absolute Gasteiger partial charge is 0.452 e. The van der Waals surface area contributed by atoms with Gasteiger partial charge in [-0.2, -0.15) is 0 Å². The molecule has 1 aliphatic rings. The van der Waals surface area contributed by atoms with E-state index in [4.69, 9.17) is 15.2 Å². The Morgan fingerprint density at radius 2 is 2.05 bits per heavy atom. The second kappa shape index (κ2) is 6.38. The number of benzene rings is 1. The van der Waals surface area contributed by atoms with Crippen LogP contribution in [0.25, 0.3) is 0 Å². The number of anilines is 1. The predicted octanol–water partition coefficient (Wildman–Crippen LogP) is 0.593. The number of amides is 1. The van der Waals surface area contributed by atoms with E-state index >= 15 is 0 Å². The Labute approximate surface area is 117 Å². The maximum Gasteiger partial charge on any atom is 0.338 e. The molecule has 1 heterocycles. The topological polar surface area (TPSA) is 81.9 Å². The fourth-order valence-corrected chi connectivity index (χ4v) is 1.88. The van der Waals surface area contributed by atoms with E-state index < -0.39 is 5.97 Å². The predicted molar refractivity (Wildman–Crippen MR) is 73.3 cm³/mol. The maximum atomic E-state index is 11.8. The minimum Gasteiger partial charge on any atom is -0.452 e. The highest BCUT2D eigenvalue weighted by molar-refractivity contribution is 5.92. The Kier molecular flexibility index (Phi) is 4.57. The third-order valence-electron chi connectivity index (χ3n) is 3.21. The van der Waals surface area contributed by atoms with Gasteiger partial charge in [0.1, 0.15) is 0 Å². The van der Waals surface area contributed by atoms with Crippen molar-refractivity contribution < 1.29 is 19.1 Å². The molecule has 0 bridgehead atoms. The Bertz CT molecular complexity index is 510. The Balaban J connectivity index is 1.88. The van der Waals surface area contributed by atoms with Crippen LogP contribution in [0.3, 0.4) is 0 Å². The van der Waals surface area contributed by atoms with Crippen LogP contribution in [0.1, 0.15) is 15.9 Å². The standard InChI is InChI=1S/C14H18N2O4/c1-10-2-3-11(8-12(10)15)14(18)20-9-13(17)16-4-6-19-7-5-16/h2-3,8H,4-7,9,15H2,1H3. The maximum absolute atomic E-state index is 11.8. The van der Waals surface area contributed by atoms with Gasteiger partial charge in [0.15, 0.2) is 6.61 Å². The molecule has 2 rings (SSSR count). The molecule has 0 radical (unpaired) electrons. The van der Waals surface area contributed by atoms with Gasteiger partial charge in [0.2, 0.25) is 0 Å². The summed E-state index contributed by atoms with van der Waals surface area (Å²) in [6, 6.07) is 4.93. The van der Waals surface area contributed by atoms with E-state index in [9.17, 15) is 9.59 Å². The minimum absolute atomic E-state index is 0.207. The fourth-order valence-electron chi connectivity index (χ4n) is 1.88. The summed E-state index contributed by atoms with van der Waals surface area (Å²) in [5.41, 5.74) is 7.51. The Morgan fingerprint density at radius 3 is 2.70 bits per heavy atom. The third kappa shape index (κ3) is 3.48. The van der Waals surface area contributed by atoms with Crippen LogP contribution in [0.15, 0.2) is 18.2 Å². The number of hydrogen-bond acceptors (Lipinski definition) is 5. The van der Waals surface area contributed by atoms with Crippen LogP contribution in [0, 0.1) is 6.92 Å². The van der Waals surface area contributed by atoms with Gasteiger partial charge < -0.3 is 20.1 Å². The lowest BCUT2D eigenvalue weighted by molar-refractivity contribution is -0.138. The zero-order chi connectivity index (χ0) is 14.5. The molecule has 1 amide bonds. The minimum atomic E-state index is -0.543. The van der Waals surface area contributed by atoms with Crippen LogP contribution in [-0.2, 0) is 14.3 Å². The van der Waals surface area contributed by atoms with Crippen molar-refractivity contribution in [3.8, 4) is 0 Å². The second-order valence-corrected chi connectivity index (χ2v) is 4.64. The molecule has 0 atom stereocenters. The van der Waals surface area contributed by atoms with Crippen LogP contribution in [0.2, 0.25) is 0 Å². The monoisotopic (exact) mass is 278 g/mol. The molecule has 1 aromatic carbocycles. The number of nitrogens with zero attached hydrogens (tertiary/aromatic N) is 1. The highest BCUT2D eigenvalue weighted by atomic mass is 16.5. The van der Waals surface area contributed by atoms with Crippen molar-refractivity contribution in [1.82, 2.24) is 4.90 Å². The molecule has 6 heteroatoms. The number of nitrogens with two attached hydrogens (primary N) is 1. The van der Waals surface area contributed by atoms with Gasteiger partial charge in [-0.3, -0.25) is 4.79 Å². The number of carbonyl (C=O) groups excluding carboxylic acids is 2. The van der Waals surface area contributed by atoms with Crippen LogP contribution in [0.4, 0.5) is 5.69 Å². The van der Waals surface area contributed by atoms with E-state index in [2.05, 4.69) is 0 Å². The van der Waals surface area contributed by atoms with Crippen LogP contribution in [0.5, 0.6) is 0 Å². The number of ether oxygens (including phenoxy) is 2. The van der Waals surface area contributed by atoms with E-state index in [1.807, 2.05) is 6.92 Å². The molecule has 6 nitrogen and oxygen atoms in total. The van der Waals surface area contributed by atoms with Gasteiger partial charge in [0.25, 0.3) is 5.91 Å². The lowest BCUT2D eigenvalue weighted by atomic mass is 10.1. The van der Waals surface area contributed by atoms with Crippen molar-refractivity contribution in [2.24, 2.45) is 0 Å². The highest BCUT2D eigenvalue weighted by Gasteiger charge is 2.18. The van der Waals surface area contributed by atoms with Crippen LogP contribution >= 0.6 is 0 Å².